The minimum absolute atomic E-state index is 0.242. The van der Waals surface area contributed by atoms with Crippen molar-refractivity contribution in [2.75, 3.05) is 26.1 Å². The lowest BCUT2D eigenvalue weighted by molar-refractivity contribution is -0.0914. The number of anilines is 1. The first-order valence-electron chi connectivity index (χ1n) is 4.59. The van der Waals surface area contributed by atoms with Gasteiger partial charge in [0.15, 0.2) is 6.29 Å². The molecule has 4 nitrogen and oxygen atoms in total. The summed E-state index contributed by atoms with van der Waals surface area (Å²) in [6.07, 6.45) is 1.52. The van der Waals surface area contributed by atoms with Gasteiger partial charge in [-0.1, -0.05) is 0 Å². The molecule has 0 atom stereocenters. The summed E-state index contributed by atoms with van der Waals surface area (Å²) in [4.78, 5) is 4.18. The Morgan fingerprint density at radius 3 is 2.67 bits per heavy atom. The number of aromatic nitrogens is 1. The average molecular weight is 275 g/mol. The van der Waals surface area contributed by atoms with Gasteiger partial charge >= 0.3 is 0 Å². The topological polar surface area (TPSA) is 43.4 Å². The van der Waals surface area contributed by atoms with Gasteiger partial charge in [0.25, 0.3) is 0 Å². The van der Waals surface area contributed by atoms with Gasteiger partial charge in [-0.15, -0.1) is 0 Å². The number of rotatable bonds is 5. The lowest BCUT2D eigenvalue weighted by Gasteiger charge is -2.15. The van der Waals surface area contributed by atoms with Gasteiger partial charge in [-0.3, -0.25) is 0 Å². The first kappa shape index (κ1) is 12.4. The van der Waals surface area contributed by atoms with E-state index in [1.807, 2.05) is 13.0 Å². The maximum absolute atomic E-state index is 5.06. The van der Waals surface area contributed by atoms with Crippen LogP contribution in [0.15, 0.2) is 16.9 Å². The molecule has 0 saturated heterocycles. The molecule has 0 aromatic carbocycles. The number of methoxy groups -OCH3 is 2. The first-order valence-corrected chi connectivity index (χ1v) is 5.38. The van der Waals surface area contributed by atoms with Crippen LogP contribution < -0.4 is 5.32 Å². The lowest BCUT2D eigenvalue weighted by atomic mass is 10.3. The van der Waals surface area contributed by atoms with Crippen LogP contribution in [-0.4, -0.2) is 32.0 Å². The quantitative estimate of drug-likeness (QED) is 0.660. The SMILES string of the molecule is COC(CNc1cnc(Br)c(C)c1)OC. The molecular weight excluding hydrogens is 260 g/mol. The van der Waals surface area contributed by atoms with Crippen molar-refractivity contribution < 1.29 is 9.47 Å². The van der Waals surface area contributed by atoms with Crippen LogP contribution in [0, 0.1) is 6.92 Å². The van der Waals surface area contributed by atoms with Crippen LogP contribution in [0.4, 0.5) is 5.69 Å². The molecule has 1 heterocycles. The van der Waals surface area contributed by atoms with Gasteiger partial charge in [-0.2, -0.15) is 0 Å². The molecule has 0 bridgehead atoms. The maximum Gasteiger partial charge on any atom is 0.173 e. The third-order valence-electron chi connectivity index (χ3n) is 2.01. The third-order valence-corrected chi connectivity index (χ3v) is 2.84. The fourth-order valence-electron chi connectivity index (χ4n) is 1.12. The van der Waals surface area contributed by atoms with Crippen molar-refractivity contribution in [1.82, 2.24) is 4.98 Å². The molecule has 0 radical (unpaired) electrons. The van der Waals surface area contributed by atoms with Crippen LogP contribution in [0.25, 0.3) is 0 Å². The monoisotopic (exact) mass is 274 g/mol. The highest BCUT2D eigenvalue weighted by Crippen LogP contribution is 2.16. The minimum Gasteiger partial charge on any atom is -0.379 e. The van der Waals surface area contributed by atoms with E-state index < -0.39 is 0 Å². The molecule has 1 aromatic rings. The summed E-state index contributed by atoms with van der Waals surface area (Å²) in [5.74, 6) is 0. The van der Waals surface area contributed by atoms with Crippen molar-refractivity contribution in [1.29, 1.82) is 0 Å². The Kier molecular flexibility index (Phi) is 5.01. The Labute approximate surface area is 98.1 Å². The van der Waals surface area contributed by atoms with E-state index in [9.17, 15) is 0 Å². The van der Waals surface area contributed by atoms with Crippen LogP contribution in [-0.2, 0) is 9.47 Å². The zero-order valence-corrected chi connectivity index (χ0v) is 10.7. The van der Waals surface area contributed by atoms with E-state index in [1.165, 1.54) is 0 Å². The highest BCUT2D eigenvalue weighted by Gasteiger charge is 2.04. The van der Waals surface area contributed by atoms with Gasteiger partial charge in [0.1, 0.15) is 4.60 Å². The highest BCUT2D eigenvalue weighted by molar-refractivity contribution is 9.10. The average Bonchev–Trinajstić information content (AvgIpc) is 2.24. The largest absolute Gasteiger partial charge is 0.379 e. The van der Waals surface area contributed by atoms with Crippen LogP contribution in [0.3, 0.4) is 0 Å². The summed E-state index contributed by atoms with van der Waals surface area (Å²) >= 11 is 3.35. The lowest BCUT2D eigenvalue weighted by Crippen LogP contribution is -2.23. The molecule has 0 aliphatic carbocycles. The second kappa shape index (κ2) is 6.05. The van der Waals surface area contributed by atoms with Crippen LogP contribution in [0.2, 0.25) is 0 Å². The smallest absolute Gasteiger partial charge is 0.173 e. The van der Waals surface area contributed by atoms with E-state index in [-0.39, 0.29) is 6.29 Å². The second-order valence-corrected chi connectivity index (χ2v) is 3.86. The van der Waals surface area contributed by atoms with E-state index in [0.29, 0.717) is 6.54 Å². The molecule has 1 aromatic heterocycles. The fraction of sp³-hybridized carbons (Fsp3) is 0.500. The molecule has 15 heavy (non-hydrogen) atoms. The zero-order valence-electron chi connectivity index (χ0n) is 9.08. The molecule has 0 aliphatic rings. The summed E-state index contributed by atoms with van der Waals surface area (Å²) in [7, 11) is 3.22. The molecule has 1 N–H and O–H groups in total. The maximum atomic E-state index is 5.06. The number of nitrogens with one attached hydrogen (secondary N) is 1. The van der Waals surface area contributed by atoms with Crippen LogP contribution >= 0.6 is 15.9 Å². The van der Waals surface area contributed by atoms with Gasteiger partial charge < -0.3 is 14.8 Å². The van der Waals surface area contributed by atoms with E-state index in [2.05, 4.69) is 26.2 Å². The first-order chi connectivity index (χ1) is 7.17. The Balaban J connectivity index is 2.54. The molecule has 1 rings (SSSR count). The van der Waals surface area contributed by atoms with E-state index in [1.54, 1.807) is 20.4 Å². The van der Waals surface area contributed by atoms with Crippen molar-refractivity contribution in [2.45, 2.75) is 13.2 Å². The Morgan fingerprint density at radius 2 is 2.13 bits per heavy atom. The molecule has 0 fully saturated rings. The van der Waals surface area contributed by atoms with Gasteiger partial charge in [-0.25, -0.2) is 4.98 Å². The standard InChI is InChI=1S/C10H15BrN2O2/c1-7-4-8(5-13-10(7)11)12-6-9(14-2)15-3/h4-5,9,12H,6H2,1-3H3. The van der Waals surface area contributed by atoms with Gasteiger partial charge in [0.05, 0.1) is 18.4 Å². The summed E-state index contributed by atoms with van der Waals surface area (Å²) in [5.41, 5.74) is 2.04. The Morgan fingerprint density at radius 1 is 1.47 bits per heavy atom. The number of pyridine rings is 1. The van der Waals surface area contributed by atoms with Crippen molar-refractivity contribution in [2.24, 2.45) is 0 Å². The summed E-state index contributed by atoms with van der Waals surface area (Å²) in [6.45, 7) is 2.59. The predicted molar refractivity (Wildman–Crippen MR) is 63.0 cm³/mol. The van der Waals surface area contributed by atoms with Gasteiger partial charge in [0.2, 0.25) is 0 Å². The van der Waals surface area contributed by atoms with Crippen molar-refractivity contribution in [3.8, 4) is 0 Å². The molecule has 0 spiro atoms. The molecule has 0 amide bonds. The molecule has 0 saturated carbocycles. The number of hydrogen-bond donors (Lipinski definition) is 1. The van der Waals surface area contributed by atoms with Crippen LogP contribution in [0.5, 0.6) is 0 Å². The summed E-state index contributed by atoms with van der Waals surface area (Å²) in [6, 6.07) is 2.01. The molecule has 84 valence electrons. The normalized spacial score (nSPS) is 10.7. The molecule has 5 heteroatoms. The third kappa shape index (κ3) is 3.77. The van der Waals surface area contributed by atoms with Crippen molar-refractivity contribution in [3.05, 3.63) is 22.4 Å². The van der Waals surface area contributed by atoms with Crippen molar-refractivity contribution in [3.63, 3.8) is 0 Å². The van der Waals surface area contributed by atoms with Crippen molar-refractivity contribution >= 4 is 21.6 Å². The summed E-state index contributed by atoms with van der Waals surface area (Å²) in [5, 5.41) is 3.18. The highest BCUT2D eigenvalue weighted by atomic mass is 79.9. The second-order valence-electron chi connectivity index (χ2n) is 3.11. The number of aryl methyl sites for hydroxylation is 1. The fourth-order valence-corrected chi connectivity index (χ4v) is 1.34. The summed E-state index contributed by atoms with van der Waals surface area (Å²) < 4.78 is 11.0. The molecule has 0 unspecified atom stereocenters. The van der Waals surface area contributed by atoms with Crippen LogP contribution in [0.1, 0.15) is 5.56 Å². The molecule has 0 aliphatic heterocycles. The van der Waals surface area contributed by atoms with E-state index >= 15 is 0 Å². The number of nitrogens with zero attached hydrogens (tertiary/aromatic N) is 1. The zero-order chi connectivity index (χ0) is 11.3. The number of halogens is 1. The minimum atomic E-state index is -0.242. The Bertz CT molecular complexity index is 316. The van der Waals surface area contributed by atoms with E-state index in [0.717, 1.165) is 15.9 Å². The predicted octanol–water partition coefficient (Wildman–Crippen LogP) is 2.18. The number of hydrogen-bond acceptors (Lipinski definition) is 4. The molecular formula is C10H15BrN2O2. The van der Waals surface area contributed by atoms with Gasteiger partial charge in [-0.05, 0) is 34.5 Å². The number of ether oxygens (including phenoxy) is 2. The Hall–Kier alpha value is -0.650. The van der Waals surface area contributed by atoms with E-state index in [4.69, 9.17) is 9.47 Å². The van der Waals surface area contributed by atoms with Gasteiger partial charge in [0, 0.05) is 14.2 Å².